The lowest BCUT2D eigenvalue weighted by Crippen LogP contribution is -2.19. The number of nitrogens with one attached hydrogen (secondary N) is 1. The Bertz CT molecular complexity index is 1060. The van der Waals surface area contributed by atoms with E-state index in [2.05, 4.69) is 10.3 Å². The Labute approximate surface area is 196 Å². The number of hydrogen-bond acceptors (Lipinski definition) is 6. The molecular formula is C22H19F3N2O2S3. The molecule has 2 heterocycles. The first-order valence-corrected chi connectivity index (χ1v) is 12.6. The molecule has 2 aromatic carbocycles. The molecule has 0 atom stereocenters. The van der Waals surface area contributed by atoms with E-state index in [0.29, 0.717) is 27.4 Å². The van der Waals surface area contributed by atoms with Crippen molar-refractivity contribution in [3.63, 3.8) is 0 Å². The van der Waals surface area contributed by atoms with Crippen molar-refractivity contribution in [1.29, 1.82) is 0 Å². The van der Waals surface area contributed by atoms with Gasteiger partial charge in [-0.05, 0) is 29.3 Å². The summed E-state index contributed by atoms with van der Waals surface area (Å²) < 4.78 is 44.6. The second-order valence-electron chi connectivity index (χ2n) is 6.99. The number of halogens is 3. The Hall–Kier alpha value is -2.17. The summed E-state index contributed by atoms with van der Waals surface area (Å²) >= 11 is 5.08. The summed E-state index contributed by atoms with van der Waals surface area (Å²) in [5, 5.41) is 3.05. The zero-order chi connectivity index (χ0) is 22.6. The van der Waals surface area contributed by atoms with Gasteiger partial charge >= 0.3 is 6.18 Å². The maximum absolute atomic E-state index is 12.9. The number of thioether (sulfide) groups is 2. The molecule has 1 N–H and O–H groups in total. The average Bonchev–Trinajstić information content (AvgIpc) is 3.45. The average molecular weight is 497 g/mol. The lowest BCUT2D eigenvalue weighted by molar-refractivity contribution is -0.137. The Morgan fingerprint density at radius 1 is 1.12 bits per heavy atom. The van der Waals surface area contributed by atoms with E-state index in [1.165, 1.54) is 23.0 Å². The van der Waals surface area contributed by atoms with Crippen molar-refractivity contribution in [1.82, 2.24) is 4.98 Å². The molecule has 1 saturated heterocycles. The first-order valence-electron chi connectivity index (χ1n) is 9.73. The second-order valence-corrected chi connectivity index (χ2v) is 10.8. The lowest BCUT2D eigenvalue weighted by Gasteiger charge is -2.10. The molecule has 0 aliphatic carbocycles. The predicted molar refractivity (Wildman–Crippen MR) is 125 cm³/mol. The van der Waals surface area contributed by atoms with Crippen LogP contribution in [0.25, 0.3) is 0 Å². The zero-order valence-corrected chi connectivity index (χ0v) is 19.2. The van der Waals surface area contributed by atoms with Crippen LogP contribution in [0.15, 0.2) is 54.7 Å². The van der Waals surface area contributed by atoms with E-state index in [-0.39, 0.29) is 12.5 Å². The van der Waals surface area contributed by atoms with E-state index in [1.54, 1.807) is 12.3 Å². The van der Waals surface area contributed by atoms with Crippen molar-refractivity contribution >= 4 is 45.9 Å². The van der Waals surface area contributed by atoms with Crippen LogP contribution in [-0.4, -0.2) is 29.0 Å². The number of anilines is 1. The summed E-state index contributed by atoms with van der Waals surface area (Å²) in [5.41, 5.74) is 1.09. The van der Waals surface area contributed by atoms with E-state index in [0.717, 1.165) is 28.5 Å². The number of ether oxygens (including phenoxy) is 1. The summed E-state index contributed by atoms with van der Waals surface area (Å²) in [6, 6.07) is 12.9. The number of amides is 1. The van der Waals surface area contributed by atoms with Gasteiger partial charge in [0, 0.05) is 29.0 Å². The fraction of sp³-hybridized carbons (Fsp3) is 0.273. The van der Waals surface area contributed by atoms with Gasteiger partial charge in [-0.1, -0.05) is 30.3 Å². The van der Waals surface area contributed by atoms with Crippen LogP contribution in [-0.2, 0) is 17.4 Å². The summed E-state index contributed by atoms with van der Waals surface area (Å²) in [6.07, 6.45) is -2.52. The molecule has 3 aromatic rings. The van der Waals surface area contributed by atoms with Gasteiger partial charge in [0.05, 0.1) is 10.1 Å². The molecule has 1 amide bonds. The molecule has 10 heteroatoms. The molecule has 0 saturated carbocycles. The standard InChI is InChI=1S/C22H19F3N2O2S3/c23-22(24,25)16-3-1-2-14(10-16)11-18-12-26-21(32-18)27-19(28)13-29-17-6-4-15(5-7-17)20-30-8-9-31-20/h1-7,10,12,20H,8-9,11,13H2,(H,26,27,28). The molecule has 0 radical (unpaired) electrons. The van der Waals surface area contributed by atoms with Gasteiger partial charge in [-0.15, -0.1) is 34.9 Å². The van der Waals surface area contributed by atoms with Gasteiger partial charge in [-0.25, -0.2) is 4.98 Å². The van der Waals surface area contributed by atoms with E-state index in [4.69, 9.17) is 4.74 Å². The van der Waals surface area contributed by atoms with Gasteiger partial charge in [-0.3, -0.25) is 10.1 Å². The number of aromatic nitrogens is 1. The van der Waals surface area contributed by atoms with Crippen LogP contribution in [0.5, 0.6) is 5.75 Å². The highest BCUT2D eigenvalue weighted by Crippen LogP contribution is 2.45. The lowest BCUT2D eigenvalue weighted by atomic mass is 10.1. The Morgan fingerprint density at radius 2 is 1.88 bits per heavy atom. The number of rotatable bonds is 7. The van der Waals surface area contributed by atoms with Crippen LogP contribution in [0, 0.1) is 0 Å². The first kappa shape index (κ1) is 23.0. The van der Waals surface area contributed by atoms with Crippen LogP contribution in [0.1, 0.15) is 26.1 Å². The fourth-order valence-corrected chi connectivity index (χ4v) is 6.80. The number of alkyl halides is 3. The van der Waals surface area contributed by atoms with Crippen LogP contribution in [0.2, 0.25) is 0 Å². The number of benzene rings is 2. The van der Waals surface area contributed by atoms with Crippen molar-refractivity contribution in [3.8, 4) is 5.75 Å². The Kier molecular flexibility index (Phi) is 7.32. The van der Waals surface area contributed by atoms with Crippen LogP contribution >= 0.6 is 34.9 Å². The minimum absolute atomic E-state index is 0.158. The molecule has 1 aromatic heterocycles. The minimum Gasteiger partial charge on any atom is -0.484 e. The maximum Gasteiger partial charge on any atom is 0.416 e. The molecular weight excluding hydrogens is 477 g/mol. The monoisotopic (exact) mass is 496 g/mol. The molecule has 0 bridgehead atoms. The second kappa shape index (κ2) is 10.2. The van der Waals surface area contributed by atoms with Crippen molar-refractivity contribution in [2.45, 2.75) is 17.2 Å². The Morgan fingerprint density at radius 3 is 2.59 bits per heavy atom. The number of nitrogens with zero attached hydrogens (tertiary/aromatic N) is 1. The smallest absolute Gasteiger partial charge is 0.416 e. The van der Waals surface area contributed by atoms with Gasteiger partial charge in [0.15, 0.2) is 11.7 Å². The third-order valence-electron chi connectivity index (χ3n) is 4.58. The third kappa shape index (κ3) is 6.20. The van der Waals surface area contributed by atoms with Gasteiger partial charge in [0.1, 0.15) is 5.75 Å². The van der Waals surface area contributed by atoms with Gasteiger partial charge in [0.25, 0.3) is 5.91 Å². The number of carbonyl (C=O) groups excluding carboxylic acids is 1. The number of carbonyl (C=O) groups is 1. The van der Waals surface area contributed by atoms with Gasteiger partial charge in [-0.2, -0.15) is 13.2 Å². The molecule has 168 valence electrons. The van der Waals surface area contributed by atoms with E-state index >= 15 is 0 Å². The molecule has 0 spiro atoms. The molecule has 1 aliphatic rings. The van der Waals surface area contributed by atoms with Crippen molar-refractivity contribution < 1.29 is 22.7 Å². The summed E-state index contributed by atoms with van der Waals surface area (Å²) in [6.45, 7) is -0.158. The molecule has 1 aliphatic heterocycles. The SMILES string of the molecule is O=C(COc1ccc(C2SCCS2)cc1)Nc1ncc(Cc2cccc(C(F)(F)F)c2)s1. The highest BCUT2D eigenvalue weighted by Gasteiger charge is 2.30. The molecule has 32 heavy (non-hydrogen) atoms. The van der Waals surface area contributed by atoms with E-state index in [1.807, 2.05) is 47.8 Å². The fourth-order valence-electron chi connectivity index (χ4n) is 3.08. The van der Waals surface area contributed by atoms with E-state index < -0.39 is 11.7 Å². The van der Waals surface area contributed by atoms with Crippen molar-refractivity contribution in [3.05, 3.63) is 76.3 Å². The topological polar surface area (TPSA) is 51.2 Å². The molecule has 1 fully saturated rings. The Balaban J connectivity index is 1.27. The van der Waals surface area contributed by atoms with Gasteiger partial charge < -0.3 is 4.74 Å². The third-order valence-corrected chi connectivity index (χ3v) is 8.59. The predicted octanol–water partition coefficient (Wildman–Crippen LogP) is 6.25. The maximum atomic E-state index is 12.9. The number of thiazole rings is 1. The van der Waals surface area contributed by atoms with Crippen molar-refractivity contribution in [2.75, 3.05) is 23.4 Å². The van der Waals surface area contributed by atoms with Crippen LogP contribution in [0.4, 0.5) is 18.3 Å². The van der Waals surface area contributed by atoms with Crippen LogP contribution in [0.3, 0.4) is 0 Å². The van der Waals surface area contributed by atoms with Crippen LogP contribution < -0.4 is 10.1 Å². The molecule has 4 rings (SSSR count). The van der Waals surface area contributed by atoms with Gasteiger partial charge in [0.2, 0.25) is 0 Å². The summed E-state index contributed by atoms with van der Waals surface area (Å²) in [4.78, 5) is 17.1. The minimum atomic E-state index is -4.38. The van der Waals surface area contributed by atoms with E-state index in [9.17, 15) is 18.0 Å². The zero-order valence-electron chi connectivity index (χ0n) is 16.7. The molecule has 0 unspecified atom stereocenters. The highest BCUT2D eigenvalue weighted by molar-refractivity contribution is 8.19. The summed E-state index contributed by atoms with van der Waals surface area (Å²) in [7, 11) is 0. The summed E-state index contributed by atoms with van der Waals surface area (Å²) in [5.74, 6) is 2.58. The largest absolute Gasteiger partial charge is 0.484 e. The van der Waals surface area contributed by atoms with Crippen molar-refractivity contribution in [2.24, 2.45) is 0 Å². The first-order chi connectivity index (χ1) is 15.4. The molecule has 4 nitrogen and oxygen atoms in total. The quantitative estimate of drug-likeness (QED) is 0.419. The normalized spacial score (nSPS) is 14.5. The highest BCUT2D eigenvalue weighted by atomic mass is 32.2. The number of hydrogen-bond donors (Lipinski definition) is 1.